The van der Waals surface area contributed by atoms with Crippen molar-refractivity contribution in [2.24, 2.45) is 0 Å². The van der Waals surface area contributed by atoms with E-state index >= 15 is 0 Å². The molecule has 0 atom stereocenters. The summed E-state index contributed by atoms with van der Waals surface area (Å²) >= 11 is 6.92. The summed E-state index contributed by atoms with van der Waals surface area (Å²) in [5, 5.41) is 6.93. The third-order valence-electron chi connectivity index (χ3n) is 4.60. The van der Waals surface area contributed by atoms with Crippen molar-refractivity contribution in [3.63, 3.8) is 0 Å². The fourth-order valence-corrected chi connectivity index (χ4v) is 3.66. The minimum atomic E-state index is -0.300. The summed E-state index contributed by atoms with van der Waals surface area (Å²) in [6.07, 6.45) is 1.45. The Morgan fingerprint density at radius 3 is 2.56 bits per heavy atom. The summed E-state index contributed by atoms with van der Waals surface area (Å²) in [5.74, 6) is 0.866. The van der Waals surface area contributed by atoms with Gasteiger partial charge in [-0.25, -0.2) is 9.97 Å². The molecule has 0 unspecified atom stereocenters. The number of carbonyl (C=O) groups is 2. The molecular weight excluding hydrogens is 450 g/mol. The zero-order valence-electron chi connectivity index (χ0n) is 17.2. The van der Waals surface area contributed by atoms with Crippen LogP contribution in [0.15, 0.2) is 58.2 Å². The second-order valence-corrected chi connectivity index (χ2v) is 8.22. The molecule has 0 bridgehead atoms. The number of benzene rings is 1. The molecule has 8 nitrogen and oxygen atoms in total. The Labute approximate surface area is 192 Å². The first-order valence-corrected chi connectivity index (χ1v) is 11.0. The standard InChI is InChI=1S/C22H18ClN5O3S/c1-12-13(2)31-21-18(12)19(26-20(30)14-6-4-3-5-7-14)27-22(28-21)32-11-17(29)25-16-9-8-15(23)10-24-16/h3-10H,11H2,1-2H3,(H,24,25,29)(H,26,27,28,30). The zero-order chi connectivity index (χ0) is 22.7. The molecule has 1 aromatic carbocycles. The molecule has 3 heterocycles. The van der Waals surface area contributed by atoms with Crippen molar-refractivity contribution >= 4 is 57.9 Å². The first-order valence-electron chi connectivity index (χ1n) is 9.59. The summed E-state index contributed by atoms with van der Waals surface area (Å²) in [7, 11) is 0. The second-order valence-electron chi connectivity index (χ2n) is 6.84. The lowest BCUT2D eigenvalue weighted by atomic mass is 10.2. The molecule has 0 saturated carbocycles. The van der Waals surface area contributed by atoms with E-state index in [9.17, 15) is 9.59 Å². The van der Waals surface area contributed by atoms with Gasteiger partial charge in [-0.05, 0) is 38.1 Å². The number of halogens is 1. The first-order chi connectivity index (χ1) is 15.4. The summed E-state index contributed by atoms with van der Waals surface area (Å²) in [6.45, 7) is 3.70. The fraction of sp³-hybridized carbons (Fsp3) is 0.136. The predicted molar refractivity (Wildman–Crippen MR) is 124 cm³/mol. The van der Waals surface area contributed by atoms with Crippen molar-refractivity contribution in [2.75, 3.05) is 16.4 Å². The largest absolute Gasteiger partial charge is 0.443 e. The van der Waals surface area contributed by atoms with Crippen molar-refractivity contribution in [2.45, 2.75) is 19.0 Å². The Hall–Kier alpha value is -3.43. The van der Waals surface area contributed by atoms with Gasteiger partial charge >= 0.3 is 0 Å². The van der Waals surface area contributed by atoms with Gasteiger partial charge in [-0.2, -0.15) is 4.98 Å². The van der Waals surface area contributed by atoms with Gasteiger partial charge in [-0.1, -0.05) is 41.6 Å². The molecule has 0 aliphatic carbocycles. The number of carbonyl (C=O) groups excluding carboxylic acids is 2. The number of nitrogens with one attached hydrogen (secondary N) is 2. The highest BCUT2D eigenvalue weighted by Gasteiger charge is 2.19. The Balaban J connectivity index is 1.55. The van der Waals surface area contributed by atoms with Gasteiger partial charge in [0.05, 0.1) is 16.2 Å². The van der Waals surface area contributed by atoms with Gasteiger partial charge in [0.2, 0.25) is 11.6 Å². The number of pyridine rings is 1. The monoisotopic (exact) mass is 467 g/mol. The minimum absolute atomic E-state index is 0.0422. The van der Waals surface area contributed by atoms with Crippen molar-refractivity contribution in [3.8, 4) is 0 Å². The molecule has 0 radical (unpaired) electrons. The van der Waals surface area contributed by atoms with Crippen LogP contribution in [0.2, 0.25) is 5.02 Å². The lowest BCUT2D eigenvalue weighted by molar-refractivity contribution is -0.113. The highest BCUT2D eigenvalue weighted by atomic mass is 35.5. The third-order valence-corrected chi connectivity index (χ3v) is 5.67. The van der Waals surface area contributed by atoms with Crippen LogP contribution in [0.25, 0.3) is 11.1 Å². The lowest BCUT2D eigenvalue weighted by Crippen LogP contribution is -2.16. The molecule has 10 heteroatoms. The van der Waals surface area contributed by atoms with Gasteiger partial charge in [0.1, 0.15) is 17.4 Å². The van der Waals surface area contributed by atoms with E-state index in [1.807, 2.05) is 19.9 Å². The first kappa shape index (κ1) is 21.8. The number of hydrogen-bond acceptors (Lipinski definition) is 7. The molecule has 0 spiro atoms. The number of furan rings is 1. The maximum absolute atomic E-state index is 12.7. The van der Waals surface area contributed by atoms with E-state index in [2.05, 4.69) is 25.6 Å². The van der Waals surface area contributed by atoms with Crippen LogP contribution in [0.4, 0.5) is 11.6 Å². The average Bonchev–Trinajstić information content (AvgIpc) is 3.08. The van der Waals surface area contributed by atoms with Crippen LogP contribution < -0.4 is 10.6 Å². The van der Waals surface area contributed by atoms with Gasteiger partial charge in [-0.3, -0.25) is 9.59 Å². The third kappa shape index (κ3) is 4.90. The molecule has 2 amide bonds. The molecule has 3 aromatic heterocycles. The van der Waals surface area contributed by atoms with E-state index in [1.165, 1.54) is 6.20 Å². The number of aromatic nitrogens is 3. The second kappa shape index (κ2) is 9.37. The van der Waals surface area contributed by atoms with E-state index in [4.69, 9.17) is 16.0 Å². The number of amides is 2. The van der Waals surface area contributed by atoms with Crippen molar-refractivity contribution in [1.29, 1.82) is 0 Å². The van der Waals surface area contributed by atoms with Crippen LogP contribution in [0.1, 0.15) is 21.7 Å². The number of rotatable bonds is 6. The highest BCUT2D eigenvalue weighted by molar-refractivity contribution is 7.99. The van der Waals surface area contributed by atoms with Crippen LogP contribution in [-0.4, -0.2) is 32.5 Å². The zero-order valence-corrected chi connectivity index (χ0v) is 18.8. The Morgan fingerprint density at radius 2 is 1.84 bits per heavy atom. The van der Waals surface area contributed by atoms with E-state index in [0.29, 0.717) is 44.2 Å². The summed E-state index contributed by atoms with van der Waals surface area (Å²) in [5.41, 5.74) is 1.69. The molecule has 0 fully saturated rings. The van der Waals surface area contributed by atoms with Crippen LogP contribution in [0, 0.1) is 13.8 Å². The molecular formula is C22H18ClN5O3S. The van der Waals surface area contributed by atoms with Crippen LogP contribution in [-0.2, 0) is 4.79 Å². The van der Waals surface area contributed by atoms with Crippen LogP contribution in [0.5, 0.6) is 0 Å². The Kier molecular flexibility index (Phi) is 6.38. The van der Waals surface area contributed by atoms with E-state index < -0.39 is 0 Å². The number of thioether (sulfide) groups is 1. The van der Waals surface area contributed by atoms with Crippen molar-refractivity contribution < 1.29 is 14.0 Å². The molecule has 4 aromatic rings. The fourth-order valence-electron chi connectivity index (χ4n) is 2.91. The molecule has 0 aliphatic heterocycles. The number of anilines is 2. The van der Waals surface area contributed by atoms with Crippen molar-refractivity contribution in [3.05, 3.63) is 70.6 Å². The van der Waals surface area contributed by atoms with Crippen LogP contribution >= 0.6 is 23.4 Å². The number of fused-ring (bicyclic) bond motifs is 1. The topological polar surface area (TPSA) is 110 Å². The summed E-state index contributed by atoms with van der Waals surface area (Å²) in [6, 6.07) is 12.1. The predicted octanol–water partition coefficient (Wildman–Crippen LogP) is 4.87. The number of hydrogen-bond donors (Lipinski definition) is 2. The quantitative estimate of drug-likeness (QED) is 0.307. The molecule has 162 valence electrons. The van der Waals surface area contributed by atoms with Crippen molar-refractivity contribution in [1.82, 2.24) is 15.0 Å². The van der Waals surface area contributed by atoms with Crippen LogP contribution in [0.3, 0.4) is 0 Å². The molecule has 4 rings (SSSR count). The average molecular weight is 468 g/mol. The van der Waals surface area contributed by atoms with E-state index in [0.717, 1.165) is 17.3 Å². The van der Waals surface area contributed by atoms with Gasteiger partial charge < -0.3 is 15.1 Å². The van der Waals surface area contributed by atoms with Gasteiger partial charge in [-0.15, -0.1) is 0 Å². The smallest absolute Gasteiger partial charge is 0.256 e. The van der Waals surface area contributed by atoms with E-state index in [-0.39, 0.29) is 17.6 Å². The lowest BCUT2D eigenvalue weighted by Gasteiger charge is -2.08. The molecule has 0 aliphatic rings. The highest BCUT2D eigenvalue weighted by Crippen LogP contribution is 2.31. The number of nitrogens with zero attached hydrogens (tertiary/aromatic N) is 3. The normalized spacial score (nSPS) is 10.8. The maximum atomic E-state index is 12.7. The SMILES string of the molecule is Cc1oc2nc(SCC(=O)Nc3ccc(Cl)cn3)nc(NC(=O)c3ccccc3)c2c1C. The summed E-state index contributed by atoms with van der Waals surface area (Å²) < 4.78 is 5.74. The summed E-state index contributed by atoms with van der Waals surface area (Å²) in [4.78, 5) is 37.9. The molecule has 2 N–H and O–H groups in total. The maximum Gasteiger partial charge on any atom is 0.256 e. The minimum Gasteiger partial charge on any atom is -0.443 e. The Morgan fingerprint density at radius 1 is 1.06 bits per heavy atom. The van der Waals surface area contributed by atoms with Gasteiger partial charge in [0.25, 0.3) is 5.91 Å². The molecule has 32 heavy (non-hydrogen) atoms. The Bertz CT molecular complexity index is 1290. The van der Waals surface area contributed by atoms with Gasteiger partial charge in [0, 0.05) is 17.3 Å². The number of aryl methyl sites for hydroxylation is 2. The van der Waals surface area contributed by atoms with Gasteiger partial charge in [0.15, 0.2) is 5.16 Å². The van der Waals surface area contributed by atoms with E-state index in [1.54, 1.807) is 36.4 Å². The molecule has 0 saturated heterocycles.